The molecule has 2 heterocycles. The largest absolute Gasteiger partial charge is 0.504 e. The molecule has 2 aliphatic heterocycles. The third kappa shape index (κ3) is 1.91. The maximum Gasteiger partial charge on any atom is 0.193 e. The molecule has 0 amide bonds. The maximum absolute atomic E-state index is 12.9. The summed E-state index contributed by atoms with van der Waals surface area (Å²) in [6.45, 7) is 0.582. The number of carbonyl (C=O) groups excluding carboxylic acids is 1. The number of ketones is 1. The van der Waals surface area contributed by atoms with E-state index in [9.17, 15) is 25.2 Å². The van der Waals surface area contributed by atoms with Gasteiger partial charge in [-0.15, -0.1) is 0 Å². The topological polar surface area (TPSA) is 107 Å². The number of phenolic OH excluding ortho intramolecular Hbond substituents is 1. The molecular weight excluding hydrogens is 374 g/mol. The van der Waals surface area contributed by atoms with Gasteiger partial charge in [0.05, 0.1) is 25.1 Å². The number of ether oxygens (including phenoxy) is 1. The predicted octanol–water partition coefficient (Wildman–Crippen LogP) is 0.409. The number of likely N-dealkylation sites (tertiary alicyclic amines) is 1. The zero-order valence-electron chi connectivity index (χ0n) is 16.8. The molecule has 1 aromatic carbocycles. The number of rotatable bonds is 2. The van der Waals surface area contributed by atoms with Gasteiger partial charge in [-0.25, -0.2) is 0 Å². The Bertz CT molecular complexity index is 915. The molecule has 1 saturated heterocycles. The molecule has 5 aliphatic rings. The summed E-state index contributed by atoms with van der Waals surface area (Å²) in [6, 6.07) is 2.96. The molecule has 3 fully saturated rings. The molecule has 3 aliphatic carbocycles. The van der Waals surface area contributed by atoms with Gasteiger partial charge in [0.2, 0.25) is 0 Å². The lowest BCUT2D eigenvalue weighted by molar-refractivity contribution is -0.992. The summed E-state index contributed by atoms with van der Waals surface area (Å²) in [5, 5.41) is 44.8. The summed E-state index contributed by atoms with van der Waals surface area (Å²) in [5.74, 6) is 0.225. The fraction of sp³-hybridized carbons (Fsp3) is 0.636. The number of Topliss-reactive ketones (excluding diaryl/α,β-unsaturated/α-hetero) is 1. The normalized spacial score (nSPS) is 45.1. The third-order valence-electron chi connectivity index (χ3n) is 8.53. The first kappa shape index (κ1) is 19.3. The zero-order chi connectivity index (χ0) is 19.6. The summed E-state index contributed by atoms with van der Waals surface area (Å²) in [7, 11) is 1.97. The lowest BCUT2D eigenvalue weighted by atomic mass is 9.47. The van der Waals surface area contributed by atoms with Crippen LogP contribution in [0.2, 0.25) is 0 Å². The molecule has 0 aromatic heterocycles. The van der Waals surface area contributed by atoms with Crippen LogP contribution in [0.1, 0.15) is 36.8 Å². The van der Waals surface area contributed by atoms with E-state index in [1.54, 1.807) is 6.07 Å². The van der Waals surface area contributed by atoms with Crippen molar-refractivity contribution in [2.24, 2.45) is 5.92 Å². The van der Waals surface area contributed by atoms with Gasteiger partial charge in [0.25, 0.3) is 0 Å². The van der Waals surface area contributed by atoms with Crippen molar-refractivity contribution in [3.8, 4) is 11.5 Å². The first-order valence-corrected chi connectivity index (χ1v) is 10.2. The Morgan fingerprint density at radius 1 is 1.28 bits per heavy atom. The minimum absolute atomic E-state index is 0. The van der Waals surface area contributed by atoms with Gasteiger partial charge in [0, 0.05) is 30.7 Å². The van der Waals surface area contributed by atoms with Gasteiger partial charge >= 0.3 is 0 Å². The van der Waals surface area contributed by atoms with E-state index in [-0.39, 0.29) is 41.5 Å². The minimum Gasteiger partial charge on any atom is -0.504 e. The second-order valence-electron chi connectivity index (χ2n) is 9.72. The number of piperidine rings is 1. The monoisotopic (exact) mass is 403 g/mol. The van der Waals surface area contributed by atoms with Crippen LogP contribution in [0.15, 0.2) is 12.1 Å². The third-order valence-corrected chi connectivity index (χ3v) is 8.53. The number of hydrogen-bond acceptors (Lipinski definition) is 6. The SMILES string of the molecule is C[N@+]1(C(O)C2CC2)CC[C@]23c4c5ccc(O)c4O[C@H]2C(=O)CC(O)[C@@]3(O)[C@H]1C5.[CH3-]. The lowest BCUT2D eigenvalue weighted by Gasteiger charge is -2.66. The van der Waals surface area contributed by atoms with E-state index in [0.717, 1.165) is 18.4 Å². The van der Waals surface area contributed by atoms with E-state index in [0.29, 0.717) is 24.9 Å². The quantitative estimate of drug-likeness (QED) is 0.421. The van der Waals surface area contributed by atoms with Gasteiger partial charge in [0.15, 0.2) is 35.2 Å². The van der Waals surface area contributed by atoms with Crippen LogP contribution in [-0.4, -0.2) is 74.4 Å². The molecule has 0 radical (unpaired) electrons. The van der Waals surface area contributed by atoms with Crippen LogP contribution < -0.4 is 4.74 Å². The highest BCUT2D eigenvalue weighted by Crippen LogP contribution is 2.66. The number of aliphatic hydroxyl groups excluding tert-OH is 2. The molecule has 7 atom stereocenters. The van der Waals surface area contributed by atoms with E-state index in [4.69, 9.17) is 4.74 Å². The molecule has 2 bridgehead atoms. The highest BCUT2D eigenvalue weighted by Gasteiger charge is 2.80. The van der Waals surface area contributed by atoms with Crippen molar-refractivity contribution in [1.82, 2.24) is 0 Å². The Kier molecular flexibility index (Phi) is 3.67. The number of aliphatic hydroxyl groups is 3. The molecule has 2 saturated carbocycles. The zero-order valence-corrected chi connectivity index (χ0v) is 16.8. The van der Waals surface area contributed by atoms with E-state index < -0.39 is 35.5 Å². The second kappa shape index (κ2) is 5.52. The Labute approximate surface area is 170 Å². The maximum atomic E-state index is 12.9. The highest BCUT2D eigenvalue weighted by atomic mass is 16.5. The molecule has 4 N–H and O–H groups in total. The van der Waals surface area contributed by atoms with Gasteiger partial charge < -0.3 is 32.6 Å². The Balaban J connectivity index is 0.00000181. The van der Waals surface area contributed by atoms with E-state index >= 15 is 0 Å². The highest BCUT2D eigenvalue weighted by molar-refractivity contribution is 5.90. The van der Waals surface area contributed by atoms with Gasteiger partial charge in [-0.3, -0.25) is 9.28 Å². The van der Waals surface area contributed by atoms with Gasteiger partial charge in [-0.2, -0.15) is 0 Å². The first-order chi connectivity index (χ1) is 13.2. The molecule has 1 aromatic rings. The van der Waals surface area contributed by atoms with Gasteiger partial charge in [-0.05, 0) is 24.5 Å². The van der Waals surface area contributed by atoms with Crippen LogP contribution in [0.5, 0.6) is 11.5 Å². The standard InChI is InChI=1S/C21H25NO6.CH3/c1-22(19(26)10-2-3-10)7-6-20-16-11-4-5-12(23)17(16)28-18(20)13(24)9-15(25)21(20,27)14(22)8-11;/h4-5,10,14-15,18-19,25-27H,2-3,6-9H2,1H3;1H3/q;-1/p+1/t14-,15?,18+,19?,20+,21+,22+;/m1./s1. The molecule has 29 heavy (non-hydrogen) atoms. The lowest BCUT2D eigenvalue weighted by Crippen LogP contribution is -2.85. The van der Waals surface area contributed by atoms with Crippen molar-refractivity contribution in [1.29, 1.82) is 0 Å². The molecule has 1 spiro atoms. The van der Waals surface area contributed by atoms with Crippen LogP contribution in [-0.2, 0) is 16.6 Å². The van der Waals surface area contributed by atoms with Crippen LogP contribution in [0.25, 0.3) is 0 Å². The number of carbonyl (C=O) groups is 1. The smallest absolute Gasteiger partial charge is 0.193 e. The number of nitrogens with zero attached hydrogens (tertiary/aromatic N) is 1. The summed E-state index contributed by atoms with van der Waals surface area (Å²) >= 11 is 0. The first-order valence-electron chi connectivity index (χ1n) is 10.2. The minimum atomic E-state index is -1.60. The summed E-state index contributed by atoms with van der Waals surface area (Å²) in [4.78, 5) is 12.9. The van der Waals surface area contributed by atoms with E-state index in [1.165, 1.54) is 0 Å². The number of phenols is 1. The van der Waals surface area contributed by atoms with Crippen molar-refractivity contribution in [2.75, 3.05) is 13.6 Å². The van der Waals surface area contributed by atoms with Gasteiger partial charge in [0.1, 0.15) is 6.04 Å². The fourth-order valence-electron chi connectivity index (χ4n) is 7.01. The molecular formula is C22H29NO6. The molecule has 158 valence electrons. The number of likely N-dealkylation sites (N-methyl/N-ethyl adjacent to an activating group) is 1. The summed E-state index contributed by atoms with van der Waals surface area (Å²) in [6.07, 6.45) is -0.0784. The van der Waals surface area contributed by atoms with E-state index in [2.05, 4.69) is 0 Å². The van der Waals surface area contributed by atoms with Gasteiger partial charge in [-0.1, -0.05) is 6.07 Å². The summed E-state index contributed by atoms with van der Waals surface area (Å²) in [5.41, 5.74) is -1.05. The summed E-state index contributed by atoms with van der Waals surface area (Å²) < 4.78 is 6.26. The van der Waals surface area contributed by atoms with Crippen LogP contribution in [0, 0.1) is 13.3 Å². The number of aromatic hydroxyl groups is 1. The second-order valence-corrected chi connectivity index (χ2v) is 9.72. The average molecular weight is 403 g/mol. The molecule has 2 unspecified atom stereocenters. The van der Waals surface area contributed by atoms with Crippen molar-refractivity contribution >= 4 is 5.78 Å². The predicted molar refractivity (Wildman–Crippen MR) is 103 cm³/mol. The van der Waals surface area contributed by atoms with Crippen molar-refractivity contribution in [3.05, 3.63) is 30.7 Å². The number of benzene rings is 1. The van der Waals surface area contributed by atoms with Crippen molar-refractivity contribution in [2.45, 2.75) is 67.6 Å². The Morgan fingerprint density at radius 3 is 2.69 bits per heavy atom. The number of hydrogen-bond donors (Lipinski definition) is 4. The Morgan fingerprint density at radius 2 is 2.00 bits per heavy atom. The molecule has 7 heteroatoms. The number of quaternary nitrogens is 1. The van der Waals surface area contributed by atoms with Crippen LogP contribution in [0.4, 0.5) is 0 Å². The van der Waals surface area contributed by atoms with Crippen molar-refractivity contribution in [3.63, 3.8) is 0 Å². The molecule has 6 rings (SSSR count). The average Bonchev–Trinajstić information content (AvgIpc) is 3.43. The van der Waals surface area contributed by atoms with Crippen LogP contribution >= 0.6 is 0 Å². The Hall–Kier alpha value is -1.67. The van der Waals surface area contributed by atoms with Crippen LogP contribution in [0.3, 0.4) is 0 Å². The van der Waals surface area contributed by atoms with Crippen molar-refractivity contribution < 1.29 is 34.4 Å². The molecule has 7 nitrogen and oxygen atoms in total. The van der Waals surface area contributed by atoms with E-state index in [1.807, 2.05) is 13.1 Å². The fourth-order valence-corrected chi connectivity index (χ4v) is 7.01.